The van der Waals surface area contributed by atoms with E-state index in [-0.39, 0.29) is 5.91 Å². The fourth-order valence-electron chi connectivity index (χ4n) is 2.50. The molecule has 1 aromatic heterocycles. The van der Waals surface area contributed by atoms with Crippen molar-refractivity contribution in [3.63, 3.8) is 0 Å². The third kappa shape index (κ3) is 4.05. The van der Waals surface area contributed by atoms with Crippen LogP contribution in [0.4, 0.5) is 5.69 Å². The molecule has 0 fully saturated rings. The summed E-state index contributed by atoms with van der Waals surface area (Å²) in [5.41, 5.74) is 10.5. The molecule has 0 bridgehead atoms. The van der Waals surface area contributed by atoms with E-state index in [9.17, 15) is 4.79 Å². The number of hydrogen-bond acceptors (Lipinski definition) is 3. The van der Waals surface area contributed by atoms with Gasteiger partial charge >= 0.3 is 0 Å². The zero-order valence-corrected chi connectivity index (χ0v) is 14.5. The molecule has 0 unspecified atom stereocenters. The fourth-order valence-corrected chi connectivity index (χ4v) is 2.67. The molecule has 0 aliphatic carbocycles. The van der Waals surface area contributed by atoms with Gasteiger partial charge in [0, 0.05) is 34.6 Å². The highest BCUT2D eigenvalue weighted by molar-refractivity contribution is 6.31. The molecule has 1 heterocycles. The highest BCUT2D eigenvalue weighted by atomic mass is 35.5. The first-order valence-corrected chi connectivity index (χ1v) is 8.27. The van der Waals surface area contributed by atoms with Gasteiger partial charge in [-0.2, -0.15) is 0 Å². The van der Waals surface area contributed by atoms with Gasteiger partial charge < -0.3 is 11.1 Å². The van der Waals surface area contributed by atoms with Gasteiger partial charge in [-0.1, -0.05) is 29.8 Å². The minimum Gasteiger partial charge on any atom is -0.326 e. The summed E-state index contributed by atoms with van der Waals surface area (Å²) in [5.74, 6) is -0.192. The predicted molar refractivity (Wildman–Crippen MR) is 102 cm³/mol. The highest BCUT2D eigenvalue weighted by Crippen LogP contribution is 2.23. The van der Waals surface area contributed by atoms with Crippen LogP contribution in [0.15, 0.2) is 60.8 Å². The number of hydrogen-bond donors (Lipinski definition) is 2. The number of aromatic nitrogens is 1. The standard InChI is InChI=1S/C20H18ClN3O/c1-13-5-6-17(21)11-18(13)24-20(25)16-4-2-3-15(10-16)19-9-14(12-22)7-8-23-19/h2-11H,12,22H2,1H3,(H,24,25). The Labute approximate surface area is 151 Å². The van der Waals surface area contributed by atoms with Gasteiger partial charge in [0.15, 0.2) is 0 Å². The second-order valence-corrected chi connectivity index (χ2v) is 6.18. The minimum atomic E-state index is -0.192. The summed E-state index contributed by atoms with van der Waals surface area (Å²) in [6.45, 7) is 2.37. The van der Waals surface area contributed by atoms with E-state index in [1.54, 1.807) is 24.4 Å². The van der Waals surface area contributed by atoms with Crippen molar-refractivity contribution in [1.29, 1.82) is 0 Å². The van der Waals surface area contributed by atoms with Gasteiger partial charge in [0.1, 0.15) is 0 Å². The predicted octanol–water partition coefficient (Wildman–Crippen LogP) is 4.42. The first kappa shape index (κ1) is 17.1. The number of carbonyl (C=O) groups is 1. The van der Waals surface area contributed by atoms with Crippen LogP contribution in [0.25, 0.3) is 11.3 Å². The lowest BCUT2D eigenvalue weighted by Crippen LogP contribution is -2.12. The van der Waals surface area contributed by atoms with Crippen molar-refractivity contribution in [3.8, 4) is 11.3 Å². The molecule has 0 saturated heterocycles. The molecule has 2 aromatic carbocycles. The van der Waals surface area contributed by atoms with Gasteiger partial charge in [-0.05, 0) is 54.4 Å². The second-order valence-electron chi connectivity index (χ2n) is 5.75. The smallest absolute Gasteiger partial charge is 0.255 e. The summed E-state index contributed by atoms with van der Waals surface area (Å²) in [7, 11) is 0. The van der Waals surface area contributed by atoms with Crippen LogP contribution in [0, 0.1) is 6.92 Å². The lowest BCUT2D eigenvalue weighted by molar-refractivity contribution is 0.102. The summed E-state index contributed by atoms with van der Waals surface area (Å²) in [6, 6.07) is 16.6. The highest BCUT2D eigenvalue weighted by Gasteiger charge is 2.10. The zero-order chi connectivity index (χ0) is 17.8. The quantitative estimate of drug-likeness (QED) is 0.731. The third-order valence-corrected chi connectivity index (χ3v) is 4.16. The maximum absolute atomic E-state index is 12.6. The number of nitrogens with zero attached hydrogens (tertiary/aromatic N) is 1. The topological polar surface area (TPSA) is 68.0 Å². The fraction of sp³-hybridized carbons (Fsp3) is 0.100. The maximum atomic E-state index is 12.6. The van der Waals surface area contributed by atoms with Crippen LogP contribution < -0.4 is 11.1 Å². The molecule has 4 nitrogen and oxygen atoms in total. The van der Waals surface area contributed by atoms with Gasteiger partial charge in [0.25, 0.3) is 5.91 Å². The van der Waals surface area contributed by atoms with Crippen LogP contribution in [-0.4, -0.2) is 10.9 Å². The summed E-state index contributed by atoms with van der Waals surface area (Å²) in [4.78, 5) is 17.0. The molecular weight excluding hydrogens is 334 g/mol. The summed E-state index contributed by atoms with van der Waals surface area (Å²) in [6.07, 6.45) is 1.72. The maximum Gasteiger partial charge on any atom is 0.255 e. The minimum absolute atomic E-state index is 0.192. The van der Waals surface area contributed by atoms with Gasteiger partial charge in [0.2, 0.25) is 0 Å². The van der Waals surface area contributed by atoms with E-state index in [0.29, 0.717) is 22.8 Å². The van der Waals surface area contributed by atoms with Crippen LogP contribution in [0.3, 0.4) is 0 Å². The third-order valence-electron chi connectivity index (χ3n) is 3.93. The zero-order valence-electron chi connectivity index (χ0n) is 13.8. The number of benzene rings is 2. The Morgan fingerprint density at radius 2 is 2.00 bits per heavy atom. The molecule has 0 aliphatic heterocycles. The molecule has 1 amide bonds. The molecule has 3 N–H and O–H groups in total. The van der Waals surface area contributed by atoms with Crippen LogP contribution in [-0.2, 0) is 6.54 Å². The van der Waals surface area contributed by atoms with Gasteiger partial charge in [-0.3, -0.25) is 9.78 Å². The lowest BCUT2D eigenvalue weighted by Gasteiger charge is -2.10. The van der Waals surface area contributed by atoms with Crippen molar-refractivity contribution in [3.05, 3.63) is 82.5 Å². The molecule has 25 heavy (non-hydrogen) atoms. The van der Waals surface area contributed by atoms with Crippen molar-refractivity contribution < 1.29 is 4.79 Å². The molecule has 0 radical (unpaired) electrons. The van der Waals surface area contributed by atoms with E-state index in [2.05, 4.69) is 10.3 Å². The number of amides is 1. The first-order valence-electron chi connectivity index (χ1n) is 7.90. The van der Waals surface area contributed by atoms with E-state index in [4.69, 9.17) is 17.3 Å². The Morgan fingerprint density at radius 3 is 2.80 bits per heavy atom. The van der Waals surface area contributed by atoms with Gasteiger partial charge in [-0.15, -0.1) is 0 Å². The average Bonchev–Trinajstić information content (AvgIpc) is 2.65. The van der Waals surface area contributed by atoms with Crippen LogP contribution in [0.2, 0.25) is 5.02 Å². The van der Waals surface area contributed by atoms with Crippen molar-refractivity contribution in [2.45, 2.75) is 13.5 Å². The normalized spacial score (nSPS) is 10.5. The number of halogens is 1. The Balaban J connectivity index is 1.88. The summed E-state index contributed by atoms with van der Waals surface area (Å²) in [5, 5.41) is 3.49. The number of rotatable bonds is 4. The van der Waals surface area contributed by atoms with Crippen molar-refractivity contribution in [2.75, 3.05) is 5.32 Å². The number of aryl methyl sites for hydroxylation is 1. The monoisotopic (exact) mass is 351 g/mol. The molecule has 3 aromatic rings. The molecule has 5 heteroatoms. The van der Waals surface area contributed by atoms with Gasteiger partial charge in [0.05, 0.1) is 5.69 Å². The number of nitrogens with one attached hydrogen (secondary N) is 1. The van der Waals surface area contributed by atoms with E-state index in [0.717, 1.165) is 22.4 Å². The summed E-state index contributed by atoms with van der Waals surface area (Å²) >= 11 is 6.01. The Hall–Kier alpha value is -2.69. The Bertz CT molecular complexity index is 924. The molecule has 0 saturated carbocycles. The number of anilines is 1. The van der Waals surface area contributed by atoms with E-state index >= 15 is 0 Å². The molecule has 126 valence electrons. The van der Waals surface area contributed by atoms with Crippen LogP contribution in [0.5, 0.6) is 0 Å². The SMILES string of the molecule is Cc1ccc(Cl)cc1NC(=O)c1cccc(-c2cc(CN)ccn2)c1. The van der Waals surface area contributed by atoms with Crippen molar-refractivity contribution in [2.24, 2.45) is 5.73 Å². The largest absolute Gasteiger partial charge is 0.326 e. The molecular formula is C20H18ClN3O. The Kier molecular flexibility index (Phi) is 5.12. The van der Waals surface area contributed by atoms with E-state index in [1.807, 2.05) is 43.3 Å². The summed E-state index contributed by atoms with van der Waals surface area (Å²) < 4.78 is 0. The first-order chi connectivity index (χ1) is 12.1. The molecule has 3 rings (SSSR count). The van der Waals surface area contributed by atoms with Crippen LogP contribution >= 0.6 is 11.6 Å². The van der Waals surface area contributed by atoms with Crippen molar-refractivity contribution in [1.82, 2.24) is 4.98 Å². The van der Waals surface area contributed by atoms with E-state index < -0.39 is 0 Å². The number of pyridine rings is 1. The Morgan fingerprint density at radius 1 is 1.16 bits per heavy atom. The average molecular weight is 352 g/mol. The lowest BCUT2D eigenvalue weighted by atomic mass is 10.1. The van der Waals surface area contributed by atoms with Crippen molar-refractivity contribution >= 4 is 23.2 Å². The van der Waals surface area contributed by atoms with E-state index in [1.165, 1.54) is 0 Å². The number of carbonyl (C=O) groups excluding carboxylic acids is 1. The molecule has 0 atom stereocenters. The van der Waals surface area contributed by atoms with Crippen LogP contribution in [0.1, 0.15) is 21.5 Å². The number of nitrogens with two attached hydrogens (primary N) is 1. The van der Waals surface area contributed by atoms with Gasteiger partial charge in [-0.25, -0.2) is 0 Å². The molecule has 0 spiro atoms. The molecule has 0 aliphatic rings. The second kappa shape index (κ2) is 7.47.